The lowest BCUT2D eigenvalue weighted by atomic mass is 10.2. The number of aryl methyl sites for hydroxylation is 1. The third-order valence-corrected chi connectivity index (χ3v) is 3.61. The normalized spacial score (nSPS) is 10.4. The molecule has 1 aromatic heterocycles. The van der Waals surface area contributed by atoms with Gasteiger partial charge in [-0.2, -0.15) is 5.10 Å². The summed E-state index contributed by atoms with van der Waals surface area (Å²) >= 11 is 11.1. The molecule has 2 aromatic rings. The number of hydrogen-bond acceptors (Lipinski definition) is 2. The monoisotopic (exact) mass is 308 g/mol. The van der Waals surface area contributed by atoms with Crippen LogP contribution in [0.5, 0.6) is 0 Å². The van der Waals surface area contributed by atoms with Gasteiger partial charge in [-0.25, -0.2) is 0 Å². The van der Waals surface area contributed by atoms with Gasteiger partial charge in [0.2, 0.25) is 0 Å². The first-order valence-electron chi connectivity index (χ1n) is 6.28. The zero-order valence-corrected chi connectivity index (χ0v) is 13.3. The fourth-order valence-corrected chi connectivity index (χ4v) is 2.33. The van der Waals surface area contributed by atoms with Crippen molar-refractivity contribution < 1.29 is 0 Å². The van der Waals surface area contributed by atoms with E-state index >= 15 is 0 Å². The first-order valence-corrected chi connectivity index (χ1v) is 7.07. The molecule has 2 N–H and O–H groups in total. The van der Waals surface area contributed by atoms with E-state index < -0.39 is 0 Å². The van der Waals surface area contributed by atoms with Crippen LogP contribution in [0.1, 0.15) is 17.0 Å². The Balaban J connectivity index is 2.25. The molecule has 0 radical (unpaired) electrons. The van der Waals surface area contributed by atoms with E-state index in [2.05, 4.69) is 15.7 Å². The third kappa shape index (κ3) is 3.29. The Kier molecular flexibility index (Phi) is 4.62. The fourth-order valence-electron chi connectivity index (χ4n) is 2.02. The highest BCUT2D eigenvalue weighted by Gasteiger charge is 2.12. The molecule has 2 rings (SSSR count). The smallest absolute Gasteiger partial charge is 0.170 e. The van der Waals surface area contributed by atoms with Gasteiger partial charge in [-0.1, -0.05) is 23.7 Å². The number of aromatic nitrogens is 2. The van der Waals surface area contributed by atoms with Gasteiger partial charge >= 0.3 is 0 Å². The van der Waals surface area contributed by atoms with Crippen LogP contribution in [0, 0.1) is 13.8 Å². The summed E-state index contributed by atoms with van der Waals surface area (Å²) < 4.78 is 1.95. The van der Waals surface area contributed by atoms with Gasteiger partial charge < -0.3 is 10.6 Å². The minimum absolute atomic E-state index is 0.582. The van der Waals surface area contributed by atoms with Crippen LogP contribution < -0.4 is 10.6 Å². The first kappa shape index (κ1) is 14.8. The lowest BCUT2D eigenvalue weighted by Gasteiger charge is -2.08. The summed E-state index contributed by atoms with van der Waals surface area (Å²) in [7, 11) is 1.79. The van der Waals surface area contributed by atoms with Gasteiger partial charge in [-0.15, -0.1) is 0 Å². The average Bonchev–Trinajstić information content (AvgIpc) is 2.66. The molecule has 1 heterocycles. The highest BCUT2D eigenvalue weighted by molar-refractivity contribution is 7.80. The number of hydrogen-bond donors (Lipinski definition) is 2. The van der Waals surface area contributed by atoms with Crippen molar-refractivity contribution in [3.8, 4) is 0 Å². The van der Waals surface area contributed by atoms with Crippen molar-refractivity contribution in [3.63, 3.8) is 0 Å². The number of rotatable bonds is 3. The molecule has 0 amide bonds. The molecule has 0 fully saturated rings. The van der Waals surface area contributed by atoms with E-state index in [4.69, 9.17) is 23.8 Å². The lowest BCUT2D eigenvalue weighted by Crippen LogP contribution is -2.24. The van der Waals surface area contributed by atoms with Crippen molar-refractivity contribution in [2.45, 2.75) is 20.4 Å². The standard InChI is InChI=1S/C14H17ClN4S/c1-9-13(17-14(20)16-3)10(2)19(18-9)8-11-5-4-6-12(15)7-11/h4-7H,8H2,1-3H3,(H2,16,17,20). The Morgan fingerprint density at radius 3 is 2.80 bits per heavy atom. The SMILES string of the molecule is CNC(=S)Nc1c(C)nn(Cc2cccc(Cl)c2)c1C. The Morgan fingerprint density at radius 2 is 2.15 bits per heavy atom. The van der Waals surface area contributed by atoms with Crippen molar-refractivity contribution in [2.24, 2.45) is 0 Å². The average molecular weight is 309 g/mol. The van der Waals surface area contributed by atoms with E-state index in [1.165, 1.54) is 0 Å². The molecule has 0 bridgehead atoms. The number of nitrogens with zero attached hydrogens (tertiary/aromatic N) is 2. The van der Waals surface area contributed by atoms with Gasteiger partial charge in [-0.05, 0) is 43.8 Å². The lowest BCUT2D eigenvalue weighted by molar-refractivity contribution is 0.659. The molecule has 0 saturated carbocycles. The van der Waals surface area contributed by atoms with Crippen LogP contribution in [0.2, 0.25) is 5.02 Å². The van der Waals surface area contributed by atoms with Crippen molar-refractivity contribution in [1.29, 1.82) is 0 Å². The third-order valence-electron chi connectivity index (χ3n) is 3.07. The van der Waals surface area contributed by atoms with Crippen LogP contribution in [-0.2, 0) is 6.54 Å². The Morgan fingerprint density at radius 1 is 1.40 bits per heavy atom. The van der Waals surface area contributed by atoms with E-state index in [9.17, 15) is 0 Å². The zero-order chi connectivity index (χ0) is 14.7. The molecule has 0 aliphatic rings. The van der Waals surface area contributed by atoms with E-state index in [0.29, 0.717) is 11.7 Å². The number of nitrogens with one attached hydrogen (secondary N) is 2. The van der Waals surface area contributed by atoms with Crippen LogP contribution in [-0.4, -0.2) is 21.9 Å². The van der Waals surface area contributed by atoms with Gasteiger partial charge in [-0.3, -0.25) is 4.68 Å². The number of benzene rings is 1. The number of anilines is 1. The van der Waals surface area contributed by atoms with Crippen LogP contribution in [0.3, 0.4) is 0 Å². The van der Waals surface area contributed by atoms with Gasteiger partial charge in [0.25, 0.3) is 0 Å². The maximum absolute atomic E-state index is 6.01. The predicted molar refractivity (Wildman–Crippen MR) is 87.5 cm³/mol. The topological polar surface area (TPSA) is 41.9 Å². The molecule has 20 heavy (non-hydrogen) atoms. The van der Waals surface area contributed by atoms with Crippen molar-refractivity contribution in [1.82, 2.24) is 15.1 Å². The summed E-state index contributed by atoms with van der Waals surface area (Å²) in [6, 6.07) is 7.79. The molecule has 4 nitrogen and oxygen atoms in total. The maximum Gasteiger partial charge on any atom is 0.170 e. The molecule has 6 heteroatoms. The Labute approximate surface area is 129 Å². The van der Waals surface area contributed by atoms with Gasteiger partial charge in [0.05, 0.1) is 23.6 Å². The molecule has 1 aromatic carbocycles. The highest BCUT2D eigenvalue weighted by atomic mass is 35.5. The maximum atomic E-state index is 6.01. The predicted octanol–water partition coefficient (Wildman–Crippen LogP) is 3.12. The van der Waals surface area contributed by atoms with Crippen LogP contribution >= 0.6 is 23.8 Å². The molecule has 0 saturated heterocycles. The van der Waals surface area contributed by atoms with E-state index in [1.807, 2.05) is 42.8 Å². The second-order valence-corrected chi connectivity index (χ2v) is 5.38. The molecule has 106 valence electrons. The minimum Gasteiger partial charge on any atom is -0.366 e. The second-order valence-electron chi connectivity index (χ2n) is 4.54. The summed E-state index contributed by atoms with van der Waals surface area (Å²) in [5.41, 5.74) is 4.03. The minimum atomic E-state index is 0.582. The summed E-state index contributed by atoms with van der Waals surface area (Å²) in [5.74, 6) is 0. The molecular weight excluding hydrogens is 292 g/mol. The first-order chi connectivity index (χ1) is 9.51. The summed E-state index contributed by atoms with van der Waals surface area (Å²) in [6.45, 7) is 4.66. The zero-order valence-electron chi connectivity index (χ0n) is 11.7. The number of halogens is 1. The van der Waals surface area contributed by atoms with E-state index in [1.54, 1.807) is 7.05 Å². The highest BCUT2D eigenvalue weighted by Crippen LogP contribution is 2.21. The molecule has 0 aliphatic heterocycles. The van der Waals surface area contributed by atoms with Crippen LogP contribution in [0.15, 0.2) is 24.3 Å². The summed E-state index contributed by atoms with van der Waals surface area (Å²) in [4.78, 5) is 0. The van der Waals surface area contributed by atoms with E-state index in [-0.39, 0.29) is 0 Å². The van der Waals surface area contributed by atoms with Crippen molar-refractivity contribution in [2.75, 3.05) is 12.4 Å². The van der Waals surface area contributed by atoms with Gasteiger partial charge in [0, 0.05) is 12.1 Å². The molecule has 0 unspecified atom stereocenters. The molecule has 0 atom stereocenters. The molecule has 0 spiro atoms. The molecular formula is C14H17ClN4S. The molecule has 0 aliphatic carbocycles. The van der Waals surface area contributed by atoms with Crippen molar-refractivity contribution >= 4 is 34.6 Å². The largest absolute Gasteiger partial charge is 0.366 e. The van der Waals surface area contributed by atoms with Gasteiger partial charge in [0.15, 0.2) is 5.11 Å². The quantitative estimate of drug-likeness (QED) is 0.855. The van der Waals surface area contributed by atoms with Crippen LogP contribution in [0.4, 0.5) is 5.69 Å². The van der Waals surface area contributed by atoms with Crippen molar-refractivity contribution in [3.05, 3.63) is 46.2 Å². The Bertz CT molecular complexity index is 636. The Hall–Kier alpha value is -1.59. The number of thiocarbonyl (C=S) groups is 1. The summed E-state index contributed by atoms with van der Waals surface area (Å²) in [6.07, 6.45) is 0. The van der Waals surface area contributed by atoms with Gasteiger partial charge in [0.1, 0.15) is 0 Å². The van der Waals surface area contributed by atoms with E-state index in [0.717, 1.165) is 27.7 Å². The van der Waals surface area contributed by atoms with Crippen LogP contribution in [0.25, 0.3) is 0 Å². The second kappa shape index (κ2) is 6.24. The fraction of sp³-hybridized carbons (Fsp3) is 0.286. The summed E-state index contributed by atoms with van der Waals surface area (Å²) in [5, 5.41) is 11.9.